The Kier molecular flexibility index (Phi) is 5.56. The Labute approximate surface area is 156 Å². The summed E-state index contributed by atoms with van der Waals surface area (Å²) in [5.74, 6) is 1.16. The smallest absolute Gasteiger partial charge is 0.246 e. The molecular weight excluding hydrogens is 363 g/mol. The molecule has 0 radical (unpaired) electrons. The molecule has 0 bridgehead atoms. The SMILES string of the molecule is C[C@@H](Nc1ccc2c(c1)OCCCO2)C(=O)Nc1cc(Cl)ccc1Cl. The maximum atomic E-state index is 12.4. The predicted octanol–water partition coefficient (Wildman–Crippen LogP) is 4.59. The highest BCUT2D eigenvalue weighted by molar-refractivity contribution is 6.35. The molecule has 2 aromatic carbocycles. The molecule has 0 aliphatic carbocycles. The second-order valence-corrected chi connectivity index (χ2v) is 6.54. The molecule has 5 nitrogen and oxygen atoms in total. The van der Waals surface area contributed by atoms with Gasteiger partial charge in [-0.05, 0) is 37.3 Å². The van der Waals surface area contributed by atoms with Gasteiger partial charge < -0.3 is 20.1 Å². The molecule has 25 heavy (non-hydrogen) atoms. The van der Waals surface area contributed by atoms with E-state index in [9.17, 15) is 4.79 Å². The van der Waals surface area contributed by atoms with Crippen molar-refractivity contribution >= 4 is 40.5 Å². The number of nitrogens with one attached hydrogen (secondary N) is 2. The summed E-state index contributed by atoms with van der Waals surface area (Å²) in [6.45, 7) is 3.01. The van der Waals surface area contributed by atoms with Crippen LogP contribution in [0, 0.1) is 0 Å². The average molecular weight is 381 g/mol. The van der Waals surface area contributed by atoms with E-state index in [4.69, 9.17) is 32.7 Å². The van der Waals surface area contributed by atoms with E-state index >= 15 is 0 Å². The average Bonchev–Trinajstić information content (AvgIpc) is 2.83. The first-order chi connectivity index (χ1) is 12.0. The van der Waals surface area contributed by atoms with Crippen molar-refractivity contribution < 1.29 is 14.3 Å². The number of rotatable bonds is 4. The second kappa shape index (κ2) is 7.85. The van der Waals surface area contributed by atoms with Crippen LogP contribution in [0.1, 0.15) is 13.3 Å². The number of benzene rings is 2. The van der Waals surface area contributed by atoms with Gasteiger partial charge in [0, 0.05) is 23.2 Å². The fourth-order valence-electron chi connectivity index (χ4n) is 2.40. The van der Waals surface area contributed by atoms with Crippen LogP contribution in [0.25, 0.3) is 0 Å². The van der Waals surface area contributed by atoms with Gasteiger partial charge in [0.25, 0.3) is 0 Å². The monoisotopic (exact) mass is 380 g/mol. The predicted molar refractivity (Wildman–Crippen MR) is 100 cm³/mol. The first-order valence-corrected chi connectivity index (χ1v) is 8.70. The number of anilines is 2. The lowest BCUT2D eigenvalue weighted by molar-refractivity contribution is -0.116. The molecular formula is C18H18Cl2N2O3. The second-order valence-electron chi connectivity index (χ2n) is 5.69. The summed E-state index contributed by atoms with van der Waals surface area (Å²) in [5.41, 5.74) is 1.25. The number of carbonyl (C=O) groups is 1. The zero-order valence-corrected chi connectivity index (χ0v) is 15.2. The van der Waals surface area contributed by atoms with Gasteiger partial charge in [0.15, 0.2) is 11.5 Å². The third-order valence-corrected chi connectivity index (χ3v) is 4.27. The molecule has 1 aliphatic rings. The summed E-state index contributed by atoms with van der Waals surface area (Å²) in [5, 5.41) is 6.85. The molecule has 0 fully saturated rings. The summed E-state index contributed by atoms with van der Waals surface area (Å²) in [7, 11) is 0. The Morgan fingerprint density at radius 3 is 2.64 bits per heavy atom. The van der Waals surface area contributed by atoms with Crippen LogP contribution in [0.4, 0.5) is 11.4 Å². The van der Waals surface area contributed by atoms with Gasteiger partial charge in [-0.1, -0.05) is 23.2 Å². The normalized spacial score (nSPS) is 14.4. The van der Waals surface area contributed by atoms with Gasteiger partial charge in [-0.25, -0.2) is 0 Å². The Morgan fingerprint density at radius 2 is 1.84 bits per heavy atom. The van der Waals surface area contributed by atoms with E-state index < -0.39 is 6.04 Å². The molecule has 1 atom stereocenters. The largest absolute Gasteiger partial charge is 0.490 e. The van der Waals surface area contributed by atoms with Crippen molar-refractivity contribution in [2.75, 3.05) is 23.8 Å². The lowest BCUT2D eigenvalue weighted by atomic mass is 10.2. The van der Waals surface area contributed by atoms with Crippen molar-refractivity contribution in [2.24, 2.45) is 0 Å². The summed E-state index contributed by atoms with van der Waals surface area (Å²) in [6, 6.07) is 9.95. The van der Waals surface area contributed by atoms with E-state index in [0.29, 0.717) is 40.4 Å². The molecule has 0 saturated carbocycles. The van der Waals surface area contributed by atoms with Gasteiger partial charge in [0.05, 0.1) is 23.9 Å². The summed E-state index contributed by atoms with van der Waals surface area (Å²) < 4.78 is 11.3. The number of carbonyl (C=O) groups excluding carboxylic acids is 1. The van der Waals surface area contributed by atoms with Crippen molar-refractivity contribution in [3.05, 3.63) is 46.4 Å². The number of hydrogen-bond donors (Lipinski definition) is 2. The summed E-state index contributed by atoms with van der Waals surface area (Å²) in [4.78, 5) is 12.4. The van der Waals surface area contributed by atoms with Crippen molar-refractivity contribution in [3.8, 4) is 11.5 Å². The number of ether oxygens (including phenoxy) is 2. The molecule has 0 aromatic heterocycles. The summed E-state index contributed by atoms with van der Waals surface area (Å²) in [6.07, 6.45) is 0.844. The zero-order valence-electron chi connectivity index (χ0n) is 13.6. The molecule has 1 amide bonds. The quantitative estimate of drug-likeness (QED) is 0.813. The molecule has 3 rings (SSSR count). The fraction of sp³-hybridized carbons (Fsp3) is 0.278. The topological polar surface area (TPSA) is 59.6 Å². The molecule has 132 valence electrons. The van der Waals surface area contributed by atoms with Crippen LogP contribution in [-0.4, -0.2) is 25.2 Å². The van der Waals surface area contributed by atoms with Crippen molar-refractivity contribution in [2.45, 2.75) is 19.4 Å². The van der Waals surface area contributed by atoms with E-state index in [1.807, 2.05) is 18.2 Å². The van der Waals surface area contributed by atoms with Crippen molar-refractivity contribution in [1.82, 2.24) is 0 Å². The van der Waals surface area contributed by atoms with E-state index in [1.165, 1.54) is 0 Å². The standard InChI is InChI=1S/C18H18Cl2N2O3/c1-11(18(23)22-15-9-12(19)3-5-14(15)20)21-13-4-6-16-17(10-13)25-8-2-7-24-16/h3-6,9-11,21H,2,7-8H2,1H3,(H,22,23)/t11-/m1/s1. The molecule has 7 heteroatoms. The molecule has 2 N–H and O–H groups in total. The maximum Gasteiger partial charge on any atom is 0.246 e. The third-order valence-electron chi connectivity index (χ3n) is 3.71. The fourth-order valence-corrected chi connectivity index (χ4v) is 2.74. The lowest BCUT2D eigenvalue weighted by Gasteiger charge is -2.17. The van der Waals surface area contributed by atoms with Crippen molar-refractivity contribution in [3.63, 3.8) is 0 Å². The maximum absolute atomic E-state index is 12.4. The molecule has 0 unspecified atom stereocenters. The van der Waals surface area contributed by atoms with Gasteiger partial charge in [0.2, 0.25) is 5.91 Å². The van der Waals surface area contributed by atoms with Crippen LogP contribution < -0.4 is 20.1 Å². The van der Waals surface area contributed by atoms with E-state index in [0.717, 1.165) is 12.1 Å². The van der Waals surface area contributed by atoms with Gasteiger partial charge in [-0.3, -0.25) is 4.79 Å². The van der Waals surface area contributed by atoms with Gasteiger partial charge in [-0.15, -0.1) is 0 Å². The highest BCUT2D eigenvalue weighted by atomic mass is 35.5. The van der Waals surface area contributed by atoms with Gasteiger partial charge in [0.1, 0.15) is 6.04 Å². The molecule has 1 aliphatic heterocycles. The molecule has 1 heterocycles. The highest BCUT2D eigenvalue weighted by Crippen LogP contribution is 2.32. The number of hydrogen-bond acceptors (Lipinski definition) is 4. The van der Waals surface area contributed by atoms with Gasteiger partial charge >= 0.3 is 0 Å². The number of fused-ring (bicyclic) bond motifs is 1. The zero-order chi connectivity index (χ0) is 17.8. The lowest BCUT2D eigenvalue weighted by Crippen LogP contribution is -2.31. The first kappa shape index (κ1) is 17.7. The number of amides is 1. The van der Waals surface area contributed by atoms with Crippen molar-refractivity contribution in [1.29, 1.82) is 0 Å². The van der Waals surface area contributed by atoms with E-state index in [-0.39, 0.29) is 5.91 Å². The minimum atomic E-state index is -0.486. The molecule has 0 saturated heterocycles. The first-order valence-electron chi connectivity index (χ1n) is 7.95. The van der Waals surface area contributed by atoms with Crippen LogP contribution in [0.15, 0.2) is 36.4 Å². The van der Waals surface area contributed by atoms with E-state index in [2.05, 4.69) is 10.6 Å². The molecule has 0 spiro atoms. The Hall–Kier alpha value is -2.11. The Bertz CT molecular complexity index is 783. The van der Waals surface area contributed by atoms with Crippen LogP contribution in [0.3, 0.4) is 0 Å². The minimum absolute atomic E-state index is 0.226. The van der Waals surface area contributed by atoms with Crippen LogP contribution >= 0.6 is 23.2 Å². The Morgan fingerprint density at radius 1 is 1.08 bits per heavy atom. The van der Waals surface area contributed by atoms with E-state index in [1.54, 1.807) is 25.1 Å². The molecule has 2 aromatic rings. The van der Waals surface area contributed by atoms with Crippen LogP contribution in [0.2, 0.25) is 10.0 Å². The van der Waals surface area contributed by atoms with Crippen LogP contribution in [-0.2, 0) is 4.79 Å². The highest BCUT2D eigenvalue weighted by Gasteiger charge is 2.16. The third kappa shape index (κ3) is 4.50. The van der Waals surface area contributed by atoms with Gasteiger partial charge in [-0.2, -0.15) is 0 Å². The number of halogens is 2. The van der Waals surface area contributed by atoms with Crippen LogP contribution in [0.5, 0.6) is 11.5 Å². The minimum Gasteiger partial charge on any atom is -0.490 e. The Balaban J connectivity index is 1.67. The summed E-state index contributed by atoms with van der Waals surface area (Å²) >= 11 is 12.0.